The summed E-state index contributed by atoms with van der Waals surface area (Å²) in [4.78, 5) is 17.3. The van der Waals surface area contributed by atoms with Gasteiger partial charge in [0.15, 0.2) is 0 Å². The van der Waals surface area contributed by atoms with E-state index in [-0.39, 0.29) is 11.3 Å². The molecule has 3 saturated heterocycles. The third-order valence-corrected chi connectivity index (χ3v) is 6.92. The Morgan fingerprint density at radius 1 is 1.30 bits per heavy atom. The van der Waals surface area contributed by atoms with Crippen LogP contribution in [0.15, 0.2) is 23.0 Å². The van der Waals surface area contributed by atoms with E-state index in [1.165, 1.54) is 19.4 Å². The highest BCUT2D eigenvalue weighted by Gasteiger charge is 2.48. The predicted molar refractivity (Wildman–Crippen MR) is 102 cm³/mol. The highest BCUT2D eigenvalue weighted by molar-refractivity contribution is 5.93. The van der Waals surface area contributed by atoms with Gasteiger partial charge in [-0.1, -0.05) is 0 Å². The van der Waals surface area contributed by atoms with Gasteiger partial charge in [0, 0.05) is 59.0 Å². The van der Waals surface area contributed by atoms with Gasteiger partial charge in [0.05, 0.1) is 18.4 Å². The normalized spacial score (nSPS) is 26.7. The van der Waals surface area contributed by atoms with Gasteiger partial charge in [-0.3, -0.25) is 4.79 Å². The van der Waals surface area contributed by atoms with Crippen molar-refractivity contribution >= 4 is 5.91 Å². The number of nitrogens with zero attached hydrogens (tertiary/aromatic N) is 2. The van der Waals surface area contributed by atoms with Gasteiger partial charge in [0.25, 0.3) is 5.91 Å². The molecule has 0 saturated carbocycles. The summed E-state index contributed by atoms with van der Waals surface area (Å²) in [6.45, 7) is 7.76. The Labute approximate surface area is 161 Å². The van der Waals surface area contributed by atoms with Crippen molar-refractivity contribution in [1.82, 2.24) is 9.80 Å². The molecule has 6 nitrogen and oxygen atoms in total. The molecule has 1 aromatic heterocycles. The molecule has 3 aliphatic heterocycles. The maximum absolute atomic E-state index is 12.6. The molecule has 4 heterocycles. The van der Waals surface area contributed by atoms with Gasteiger partial charge in [0.2, 0.25) is 0 Å². The Hall–Kier alpha value is -1.37. The third kappa shape index (κ3) is 4.08. The van der Waals surface area contributed by atoms with Crippen molar-refractivity contribution in [1.29, 1.82) is 0 Å². The molecule has 4 rings (SSSR count). The fraction of sp³-hybridized carbons (Fsp3) is 0.762. The molecule has 1 amide bonds. The van der Waals surface area contributed by atoms with Crippen LogP contribution in [0, 0.1) is 17.3 Å². The number of carbonyl (C=O) groups is 1. The zero-order chi connectivity index (χ0) is 18.7. The minimum atomic E-state index is 0.0963. The number of amides is 1. The zero-order valence-corrected chi connectivity index (χ0v) is 16.4. The van der Waals surface area contributed by atoms with Crippen molar-refractivity contribution < 1.29 is 18.7 Å². The number of ether oxygens (including phenoxy) is 2. The maximum atomic E-state index is 12.6. The fourth-order valence-corrected chi connectivity index (χ4v) is 5.30. The monoisotopic (exact) mass is 376 g/mol. The third-order valence-electron chi connectivity index (χ3n) is 6.92. The van der Waals surface area contributed by atoms with Crippen molar-refractivity contribution in [2.45, 2.75) is 25.7 Å². The molecule has 6 heteroatoms. The van der Waals surface area contributed by atoms with E-state index in [1.807, 2.05) is 12.0 Å². The molecule has 0 radical (unpaired) electrons. The molecule has 1 atom stereocenters. The van der Waals surface area contributed by atoms with Crippen LogP contribution in [0.2, 0.25) is 0 Å². The van der Waals surface area contributed by atoms with Crippen LogP contribution in [0.25, 0.3) is 0 Å². The Kier molecular flexibility index (Phi) is 5.85. The number of rotatable bonds is 5. The summed E-state index contributed by atoms with van der Waals surface area (Å²) in [5, 5.41) is 0. The molecular weight excluding hydrogens is 344 g/mol. The summed E-state index contributed by atoms with van der Waals surface area (Å²) in [5.41, 5.74) is 0.945. The van der Waals surface area contributed by atoms with E-state index in [2.05, 4.69) is 4.90 Å². The highest BCUT2D eigenvalue weighted by Crippen LogP contribution is 2.45. The SMILES string of the molecule is COCC1CN(CC2CCOCC2)CC12CCN(C(=O)c1ccoc1)CC2. The van der Waals surface area contributed by atoms with Gasteiger partial charge in [-0.2, -0.15) is 0 Å². The van der Waals surface area contributed by atoms with E-state index in [4.69, 9.17) is 13.9 Å². The standard InChI is InChI=1S/C21H32N2O4/c1-25-15-19-13-22(12-17-2-9-26-10-3-17)16-21(19)5-7-23(8-6-21)20(24)18-4-11-27-14-18/h4,11,14,17,19H,2-3,5-10,12-13,15-16H2,1H3. The van der Waals surface area contributed by atoms with Gasteiger partial charge in [-0.05, 0) is 43.1 Å². The molecule has 150 valence electrons. The quantitative estimate of drug-likeness (QED) is 0.790. The molecule has 1 aromatic rings. The first-order valence-electron chi connectivity index (χ1n) is 10.3. The van der Waals surface area contributed by atoms with Crippen LogP contribution >= 0.6 is 0 Å². The van der Waals surface area contributed by atoms with Crippen molar-refractivity contribution in [2.75, 3.05) is 59.7 Å². The average Bonchev–Trinajstić information content (AvgIpc) is 3.33. The summed E-state index contributed by atoms with van der Waals surface area (Å²) in [6.07, 6.45) is 7.62. The Balaban J connectivity index is 1.37. The van der Waals surface area contributed by atoms with Crippen LogP contribution in [0.5, 0.6) is 0 Å². The number of likely N-dealkylation sites (tertiary alicyclic amines) is 2. The smallest absolute Gasteiger partial charge is 0.257 e. The van der Waals surface area contributed by atoms with Crippen LogP contribution in [0.1, 0.15) is 36.0 Å². The number of hydrogen-bond donors (Lipinski definition) is 0. The lowest BCUT2D eigenvalue weighted by molar-refractivity contribution is 0.0313. The van der Waals surface area contributed by atoms with Gasteiger partial charge in [-0.25, -0.2) is 0 Å². The minimum Gasteiger partial charge on any atom is -0.472 e. The molecule has 3 aliphatic rings. The summed E-state index contributed by atoms with van der Waals surface area (Å²) in [6, 6.07) is 1.76. The first-order valence-corrected chi connectivity index (χ1v) is 10.3. The molecule has 0 bridgehead atoms. The van der Waals surface area contributed by atoms with Crippen LogP contribution in [-0.2, 0) is 9.47 Å². The molecule has 0 aromatic carbocycles. The molecule has 0 aliphatic carbocycles. The zero-order valence-electron chi connectivity index (χ0n) is 16.4. The maximum Gasteiger partial charge on any atom is 0.257 e. The Bertz CT molecular complexity index is 604. The van der Waals surface area contributed by atoms with E-state index in [1.54, 1.807) is 18.6 Å². The summed E-state index contributed by atoms with van der Waals surface area (Å²) in [7, 11) is 1.81. The lowest BCUT2D eigenvalue weighted by Crippen LogP contribution is -2.47. The van der Waals surface area contributed by atoms with E-state index < -0.39 is 0 Å². The first-order chi connectivity index (χ1) is 13.2. The molecule has 27 heavy (non-hydrogen) atoms. The minimum absolute atomic E-state index is 0.0963. The topological polar surface area (TPSA) is 55.2 Å². The lowest BCUT2D eigenvalue weighted by Gasteiger charge is -2.42. The number of furan rings is 1. The van der Waals surface area contributed by atoms with Crippen molar-refractivity contribution in [3.8, 4) is 0 Å². The molecule has 1 unspecified atom stereocenters. The van der Waals surface area contributed by atoms with Crippen molar-refractivity contribution in [2.24, 2.45) is 17.3 Å². The molecular formula is C21H32N2O4. The highest BCUT2D eigenvalue weighted by atomic mass is 16.5. The van der Waals surface area contributed by atoms with Gasteiger partial charge in [0.1, 0.15) is 6.26 Å². The molecule has 0 N–H and O–H groups in total. The van der Waals surface area contributed by atoms with Crippen LogP contribution in [0.4, 0.5) is 0 Å². The van der Waals surface area contributed by atoms with Crippen LogP contribution in [0.3, 0.4) is 0 Å². The van der Waals surface area contributed by atoms with Crippen LogP contribution in [-0.4, -0.2) is 75.4 Å². The number of carbonyl (C=O) groups excluding carboxylic acids is 1. The summed E-state index contributed by atoms with van der Waals surface area (Å²) in [5.74, 6) is 1.42. The fourth-order valence-electron chi connectivity index (χ4n) is 5.30. The molecule has 3 fully saturated rings. The second-order valence-electron chi connectivity index (χ2n) is 8.57. The Morgan fingerprint density at radius 3 is 2.74 bits per heavy atom. The van der Waals surface area contributed by atoms with Gasteiger partial charge < -0.3 is 23.7 Å². The second-order valence-corrected chi connectivity index (χ2v) is 8.57. The molecule has 1 spiro atoms. The van der Waals surface area contributed by atoms with Crippen molar-refractivity contribution in [3.05, 3.63) is 24.2 Å². The summed E-state index contributed by atoms with van der Waals surface area (Å²) >= 11 is 0. The largest absolute Gasteiger partial charge is 0.472 e. The predicted octanol–water partition coefficient (Wildman–Crippen LogP) is 2.51. The first kappa shape index (κ1) is 19.0. The number of piperidine rings is 1. The number of hydrogen-bond acceptors (Lipinski definition) is 5. The lowest BCUT2D eigenvalue weighted by atomic mass is 9.71. The second kappa shape index (κ2) is 8.33. The number of methoxy groups -OCH3 is 1. The van der Waals surface area contributed by atoms with E-state index in [9.17, 15) is 4.79 Å². The van der Waals surface area contributed by atoms with Crippen LogP contribution < -0.4 is 0 Å². The van der Waals surface area contributed by atoms with E-state index in [0.717, 1.165) is 64.8 Å². The summed E-state index contributed by atoms with van der Waals surface area (Å²) < 4.78 is 16.2. The average molecular weight is 376 g/mol. The van der Waals surface area contributed by atoms with Crippen molar-refractivity contribution in [3.63, 3.8) is 0 Å². The van der Waals surface area contributed by atoms with Gasteiger partial charge >= 0.3 is 0 Å². The van der Waals surface area contributed by atoms with E-state index >= 15 is 0 Å². The van der Waals surface area contributed by atoms with E-state index in [0.29, 0.717) is 11.5 Å². The Morgan fingerprint density at radius 2 is 2.07 bits per heavy atom. The van der Waals surface area contributed by atoms with Gasteiger partial charge in [-0.15, -0.1) is 0 Å².